The monoisotopic (exact) mass is 494 g/mol. The smallest absolute Gasteiger partial charge is 0.220 e. The molecule has 0 saturated heterocycles. The second kappa shape index (κ2) is 27.5. The van der Waals surface area contributed by atoms with Gasteiger partial charge in [0.25, 0.3) is 0 Å². The largest absolute Gasteiger partial charge is 0.354 e. The van der Waals surface area contributed by atoms with Crippen LogP contribution in [0.15, 0.2) is 0 Å². The van der Waals surface area contributed by atoms with E-state index in [1.165, 1.54) is 116 Å². The zero-order valence-electron chi connectivity index (χ0n) is 24.1. The topological polar surface area (TPSA) is 58.2 Å². The number of carbonyl (C=O) groups excluding carboxylic acids is 2. The van der Waals surface area contributed by atoms with Gasteiger partial charge in [-0.05, 0) is 19.8 Å². The van der Waals surface area contributed by atoms with Crippen LogP contribution in [-0.4, -0.2) is 24.4 Å². The summed E-state index contributed by atoms with van der Waals surface area (Å²) >= 11 is 0. The molecule has 2 amide bonds. The minimum Gasteiger partial charge on any atom is -0.354 e. The Hall–Kier alpha value is -1.06. The number of unbranched alkanes of at least 4 members (excludes halogenated alkanes) is 20. The Balaban J connectivity index is 3.43. The number of hydrogen-bond donors (Lipinski definition) is 2. The van der Waals surface area contributed by atoms with E-state index in [9.17, 15) is 9.59 Å². The van der Waals surface area contributed by atoms with E-state index in [0.717, 1.165) is 25.7 Å². The van der Waals surface area contributed by atoms with Gasteiger partial charge in [-0.25, -0.2) is 0 Å². The van der Waals surface area contributed by atoms with E-state index in [-0.39, 0.29) is 17.9 Å². The van der Waals surface area contributed by atoms with Crippen molar-refractivity contribution in [2.75, 3.05) is 6.54 Å². The fourth-order valence-electron chi connectivity index (χ4n) is 4.65. The molecule has 0 fully saturated rings. The maximum absolute atomic E-state index is 12.1. The molecule has 208 valence electrons. The SMILES string of the molecule is CCCCCCCCCCCCCC(=O)NC[C@@H](C)NC(=O)CCCCCCCCCCCCC. The molecule has 0 aliphatic rings. The van der Waals surface area contributed by atoms with Crippen molar-refractivity contribution in [2.45, 2.75) is 181 Å². The number of nitrogens with one attached hydrogen (secondary N) is 2. The fourth-order valence-corrected chi connectivity index (χ4v) is 4.65. The highest BCUT2D eigenvalue weighted by atomic mass is 16.2. The van der Waals surface area contributed by atoms with Crippen LogP contribution in [-0.2, 0) is 9.59 Å². The van der Waals surface area contributed by atoms with Crippen LogP contribution in [0.4, 0.5) is 0 Å². The summed E-state index contributed by atoms with van der Waals surface area (Å²) in [5.74, 6) is 0.237. The van der Waals surface area contributed by atoms with E-state index in [4.69, 9.17) is 0 Å². The Morgan fingerprint density at radius 2 is 0.800 bits per heavy atom. The van der Waals surface area contributed by atoms with Crippen molar-refractivity contribution in [1.82, 2.24) is 10.6 Å². The third-order valence-electron chi connectivity index (χ3n) is 7.03. The maximum atomic E-state index is 12.1. The first kappa shape index (κ1) is 33.9. The summed E-state index contributed by atoms with van der Waals surface area (Å²) in [6, 6.07) is -0.00326. The van der Waals surface area contributed by atoms with Crippen molar-refractivity contribution in [1.29, 1.82) is 0 Å². The van der Waals surface area contributed by atoms with Crippen LogP contribution in [0.1, 0.15) is 175 Å². The zero-order valence-corrected chi connectivity index (χ0v) is 24.1. The number of rotatable bonds is 27. The van der Waals surface area contributed by atoms with Crippen LogP contribution in [0.5, 0.6) is 0 Å². The second-order valence-electron chi connectivity index (χ2n) is 10.8. The molecule has 0 spiro atoms. The molecule has 0 rings (SSSR count). The molecule has 35 heavy (non-hydrogen) atoms. The van der Waals surface area contributed by atoms with E-state index in [2.05, 4.69) is 24.5 Å². The lowest BCUT2D eigenvalue weighted by Gasteiger charge is -2.15. The summed E-state index contributed by atoms with van der Waals surface area (Å²) in [6.07, 6.45) is 29.7. The first-order valence-corrected chi connectivity index (χ1v) is 15.7. The molecule has 1 atom stereocenters. The lowest BCUT2D eigenvalue weighted by Crippen LogP contribution is -2.41. The molecule has 0 aliphatic carbocycles. The quantitative estimate of drug-likeness (QED) is 0.112. The summed E-state index contributed by atoms with van der Waals surface area (Å²) in [6.45, 7) is 7.03. The highest BCUT2D eigenvalue weighted by Crippen LogP contribution is 2.13. The van der Waals surface area contributed by atoms with Crippen LogP contribution in [0, 0.1) is 0 Å². The number of amides is 2. The number of hydrogen-bond acceptors (Lipinski definition) is 2. The lowest BCUT2D eigenvalue weighted by molar-refractivity contribution is -0.123. The van der Waals surface area contributed by atoms with Crippen LogP contribution < -0.4 is 10.6 Å². The molecule has 0 heterocycles. The minimum absolute atomic E-state index is 0.00326. The standard InChI is InChI=1S/C31H62N2O2/c1-4-6-8-10-12-14-16-18-20-22-24-26-30(34)32-28-29(3)33-31(35)27-25-23-21-19-17-15-13-11-9-7-5-2/h29H,4-28H2,1-3H3,(H,32,34)(H,33,35)/t29-/m1/s1. The molecule has 0 radical (unpaired) electrons. The Kier molecular flexibility index (Phi) is 26.7. The molecule has 2 N–H and O–H groups in total. The number of carbonyl (C=O) groups is 2. The van der Waals surface area contributed by atoms with Gasteiger partial charge in [-0.15, -0.1) is 0 Å². The van der Waals surface area contributed by atoms with Gasteiger partial charge in [0, 0.05) is 25.4 Å². The fraction of sp³-hybridized carbons (Fsp3) is 0.935. The van der Waals surface area contributed by atoms with Gasteiger partial charge in [0.15, 0.2) is 0 Å². The Morgan fingerprint density at radius 1 is 0.486 bits per heavy atom. The summed E-state index contributed by atoms with van der Waals surface area (Å²) in [5, 5.41) is 6.01. The minimum atomic E-state index is -0.00326. The van der Waals surface area contributed by atoms with E-state index >= 15 is 0 Å². The highest BCUT2D eigenvalue weighted by Gasteiger charge is 2.09. The summed E-state index contributed by atoms with van der Waals surface area (Å²) < 4.78 is 0. The molecular formula is C31H62N2O2. The average molecular weight is 495 g/mol. The molecule has 0 unspecified atom stereocenters. The normalized spacial score (nSPS) is 12.0. The third kappa shape index (κ3) is 27.4. The van der Waals surface area contributed by atoms with Crippen molar-refractivity contribution in [3.05, 3.63) is 0 Å². The first-order valence-electron chi connectivity index (χ1n) is 15.7. The molecule has 0 bridgehead atoms. The van der Waals surface area contributed by atoms with Crippen molar-refractivity contribution < 1.29 is 9.59 Å². The van der Waals surface area contributed by atoms with E-state index < -0.39 is 0 Å². The first-order chi connectivity index (χ1) is 17.1. The zero-order chi connectivity index (χ0) is 25.8. The van der Waals surface area contributed by atoms with Gasteiger partial charge in [0.05, 0.1) is 0 Å². The molecule has 4 nitrogen and oxygen atoms in total. The van der Waals surface area contributed by atoms with Crippen molar-refractivity contribution >= 4 is 11.8 Å². The molecule has 0 saturated carbocycles. The third-order valence-corrected chi connectivity index (χ3v) is 7.03. The Morgan fingerprint density at radius 3 is 1.17 bits per heavy atom. The van der Waals surface area contributed by atoms with Gasteiger partial charge in [0.2, 0.25) is 11.8 Å². The van der Waals surface area contributed by atoms with Crippen LogP contribution in [0.2, 0.25) is 0 Å². The molecule has 0 aliphatic heterocycles. The van der Waals surface area contributed by atoms with Crippen LogP contribution >= 0.6 is 0 Å². The summed E-state index contributed by atoms with van der Waals surface area (Å²) in [7, 11) is 0. The average Bonchev–Trinajstić information content (AvgIpc) is 2.84. The Bertz CT molecular complexity index is 467. The maximum Gasteiger partial charge on any atom is 0.220 e. The van der Waals surface area contributed by atoms with Crippen molar-refractivity contribution in [3.8, 4) is 0 Å². The predicted molar refractivity (Wildman–Crippen MR) is 153 cm³/mol. The van der Waals surface area contributed by atoms with Gasteiger partial charge >= 0.3 is 0 Å². The van der Waals surface area contributed by atoms with E-state index in [0.29, 0.717) is 19.4 Å². The van der Waals surface area contributed by atoms with Gasteiger partial charge in [-0.1, -0.05) is 142 Å². The van der Waals surface area contributed by atoms with Crippen molar-refractivity contribution in [2.24, 2.45) is 0 Å². The molecule has 0 aromatic carbocycles. The molecular weight excluding hydrogens is 432 g/mol. The second-order valence-corrected chi connectivity index (χ2v) is 10.8. The molecule has 4 heteroatoms. The van der Waals surface area contributed by atoms with Crippen molar-refractivity contribution in [3.63, 3.8) is 0 Å². The summed E-state index contributed by atoms with van der Waals surface area (Å²) in [5.41, 5.74) is 0. The Labute approximate surface area is 219 Å². The molecule has 0 aromatic heterocycles. The lowest BCUT2D eigenvalue weighted by atomic mass is 10.1. The van der Waals surface area contributed by atoms with E-state index in [1.807, 2.05) is 6.92 Å². The highest BCUT2D eigenvalue weighted by molar-refractivity contribution is 5.77. The van der Waals surface area contributed by atoms with Gasteiger partial charge in [0.1, 0.15) is 0 Å². The van der Waals surface area contributed by atoms with Gasteiger partial charge in [-0.3, -0.25) is 9.59 Å². The van der Waals surface area contributed by atoms with Crippen LogP contribution in [0.25, 0.3) is 0 Å². The van der Waals surface area contributed by atoms with Gasteiger partial charge in [-0.2, -0.15) is 0 Å². The van der Waals surface area contributed by atoms with E-state index in [1.54, 1.807) is 0 Å². The predicted octanol–water partition coefficient (Wildman–Crippen LogP) is 9.01. The van der Waals surface area contributed by atoms with Gasteiger partial charge < -0.3 is 10.6 Å². The summed E-state index contributed by atoms with van der Waals surface area (Å²) in [4.78, 5) is 24.2. The van der Waals surface area contributed by atoms with Crippen LogP contribution in [0.3, 0.4) is 0 Å². The molecule has 0 aromatic rings.